The molecule has 0 atom stereocenters. The molecule has 2 aromatic heterocycles. The fourth-order valence-electron chi connectivity index (χ4n) is 1.78. The molecule has 3 rings (SSSR count). The van der Waals surface area contributed by atoms with Crippen LogP contribution in [0.2, 0.25) is 0 Å². The van der Waals surface area contributed by atoms with E-state index in [1.807, 2.05) is 42.6 Å². The van der Waals surface area contributed by atoms with Gasteiger partial charge in [-0.2, -0.15) is 0 Å². The van der Waals surface area contributed by atoms with E-state index in [0.29, 0.717) is 5.69 Å². The van der Waals surface area contributed by atoms with Crippen LogP contribution in [0.4, 0.5) is 0 Å². The van der Waals surface area contributed by atoms with Crippen LogP contribution in [0.1, 0.15) is 0 Å². The van der Waals surface area contributed by atoms with E-state index in [2.05, 4.69) is 9.97 Å². The molecule has 0 aliphatic heterocycles. The predicted octanol–water partition coefficient (Wildman–Crippen LogP) is 2.94. The first-order chi connectivity index (χ1) is 7.84. The maximum atomic E-state index is 9.90. The summed E-state index contributed by atoms with van der Waals surface area (Å²) in [6, 6.07) is 13.3. The summed E-state index contributed by atoms with van der Waals surface area (Å²) >= 11 is 0. The Morgan fingerprint density at radius 2 is 1.88 bits per heavy atom. The fraction of sp³-hybridized carbons (Fsp3) is 0. The summed E-state index contributed by atoms with van der Waals surface area (Å²) in [6.07, 6.45) is 1.81. The molecule has 16 heavy (non-hydrogen) atoms. The van der Waals surface area contributed by atoms with Crippen LogP contribution in [0.3, 0.4) is 0 Å². The Morgan fingerprint density at radius 1 is 1.06 bits per heavy atom. The van der Waals surface area contributed by atoms with Gasteiger partial charge >= 0.3 is 0 Å². The Hall–Kier alpha value is -2.29. The van der Waals surface area contributed by atoms with Crippen LogP contribution in [0.5, 0.6) is 5.75 Å². The third kappa shape index (κ3) is 1.34. The van der Waals surface area contributed by atoms with Gasteiger partial charge in [-0.15, -0.1) is 0 Å². The van der Waals surface area contributed by atoms with Crippen LogP contribution in [0, 0.1) is 0 Å². The minimum atomic E-state index is 0.207. The first-order valence-corrected chi connectivity index (χ1v) is 5.07. The molecular weight excluding hydrogens is 200 g/mol. The molecule has 3 aromatic rings. The summed E-state index contributed by atoms with van der Waals surface area (Å²) < 4.78 is 0. The summed E-state index contributed by atoms with van der Waals surface area (Å²) in [7, 11) is 0. The quantitative estimate of drug-likeness (QED) is 0.648. The molecule has 0 spiro atoms. The SMILES string of the molecule is Oc1cc2cc[nH]c2nc1-c1ccccc1. The highest BCUT2D eigenvalue weighted by Crippen LogP contribution is 2.29. The van der Waals surface area contributed by atoms with Gasteiger partial charge in [0.1, 0.15) is 17.1 Å². The number of H-pyrrole nitrogens is 1. The highest BCUT2D eigenvalue weighted by atomic mass is 16.3. The summed E-state index contributed by atoms with van der Waals surface area (Å²) in [5, 5.41) is 10.8. The third-order valence-corrected chi connectivity index (χ3v) is 2.56. The zero-order valence-electron chi connectivity index (χ0n) is 8.51. The molecule has 0 amide bonds. The maximum Gasteiger partial charge on any atom is 0.142 e. The summed E-state index contributed by atoms with van der Waals surface area (Å²) in [5.41, 5.74) is 2.31. The monoisotopic (exact) mass is 210 g/mol. The van der Waals surface area contributed by atoms with E-state index in [1.165, 1.54) is 0 Å². The van der Waals surface area contributed by atoms with E-state index in [4.69, 9.17) is 0 Å². The molecule has 0 bridgehead atoms. The second-order valence-corrected chi connectivity index (χ2v) is 3.64. The lowest BCUT2D eigenvalue weighted by atomic mass is 10.1. The number of rotatable bonds is 1. The highest BCUT2D eigenvalue weighted by molar-refractivity contribution is 5.82. The highest BCUT2D eigenvalue weighted by Gasteiger charge is 2.07. The van der Waals surface area contributed by atoms with Crippen molar-refractivity contribution in [2.24, 2.45) is 0 Å². The van der Waals surface area contributed by atoms with Gasteiger partial charge in [0.2, 0.25) is 0 Å². The van der Waals surface area contributed by atoms with Crippen molar-refractivity contribution in [2.45, 2.75) is 0 Å². The molecule has 0 unspecified atom stereocenters. The van der Waals surface area contributed by atoms with E-state index in [0.717, 1.165) is 16.6 Å². The second-order valence-electron chi connectivity index (χ2n) is 3.64. The van der Waals surface area contributed by atoms with Crippen molar-refractivity contribution in [2.75, 3.05) is 0 Å². The van der Waals surface area contributed by atoms with Crippen LogP contribution < -0.4 is 0 Å². The number of pyridine rings is 1. The fourth-order valence-corrected chi connectivity index (χ4v) is 1.78. The molecule has 0 saturated heterocycles. The number of aromatic hydroxyl groups is 1. The standard InChI is InChI=1S/C13H10N2O/c16-11-8-10-6-7-14-13(10)15-12(11)9-4-2-1-3-5-9/h1-8,16H,(H,14,15). The van der Waals surface area contributed by atoms with Gasteiger partial charge < -0.3 is 10.1 Å². The minimum Gasteiger partial charge on any atom is -0.506 e. The first kappa shape index (κ1) is 8.97. The van der Waals surface area contributed by atoms with Crippen molar-refractivity contribution in [3.63, 3.8) is 0 Å². The van der Waals surface area contributed by atoms with E-state index >= 15 is 0 Å². The second kappa shape index (κ2) is 3.38. The number of hydrogen-bond donors (Lipinski definition) is 2. The smallest absolute Gasteiger partial charge is 0.142 e. The van der Waals surface area contributed by atoms with E-state index in [1.54, 1.807) is 6.07 Å². The zero-order valence-corrected chi connectivity index (χ0v) is 8.51. The molecule has 3 nitrogen and oxygen atoms in total. The largest absolute Gasteiger partial charge is 0.506 e. The van der Waals surface area contributed by atoms with E-state index in [9.17, 15) is 5.11 Å². The Kier molecular flexibility index (Phi) is 1.90. The van der Waals surface area contributed by atoms with Crippen LogP contribution in [0.25, 0.3) is 22.3 Å². The molecular formula is C13H10N2O. The van der Waals surface area contributed by atoms with Crippen molar-refractivity contribution in [1.82, 2.24) is 9.97 Å². The van der Waals surface area contributed by atoms with Crippen molar-refractivity contribution in [1.29, 1.82) is 0 Å². The molecule has 0 saturated carbocycles. The molecule has 2 heterocycles. The molecule has 1 aromatic carbocycles. The molecule has 0 aliphatic rings. The average Bonchev–Trinajstić information content (AvgIpc) is 2.76. The number of nitrogens with one attached hydrogen (secondary N) is 1. The van der Waals surface area contributed by atoms with Crippen LogP contribution >= 0.6 is 0 Å². The minimum absolute atomic E-state index is 0.207. The average molecular weight is 210 g/mol. The summed E-state index contributed by atoms with van der Waals surface area (Å²) in [5.74, 6) is 0.207. The van der Waals surface area contributed by atoms with Gasteiger partial charge in [-0.3, -0.25) is 0 Å². The number of aromatic nitrogens is 2. The molecule has 0 aliphatic carbocycles. The van der Waals surface area contributed by atoms with Gasteiger partial charge in [-0.25, -0.2) is 4.98 Å². The van der Waals surface area contributed by atoms with Gasteiger partial charge in [0.15, 0.2) is 0 Å². The van der Waals surface area contributed by atoms with E-state index < -0.39 is 0 Å². The molecule has 78 valence electrons. The topological polar surface area (TPSA) is 48.9 Å². The van der Waals surface area contributed by atoms with Crippen molar-refractivity contribution in [3.05, 3.63) is 48.7 Å². The maximum absolute atomic E-state index is 9.90. The lowest BCUT2D eigenvalue weighted by molar-refractivity contribution is 0.476. The van der Waals surface area contributed by atoms with Gasteiger partial charge in [-0.05, 0) is 12.1 Å². The van der Waals surface area contributed by atoms with Crippen molar-refractivity contribution >= 4 is 11.0 Å². The molecule has 3 heteroatoms. The van der Waals surface area contributed by atoms with Crippen LogP contribution in [-0.2, 0) is 0 Å². The first-order valence-electron chi connectivity index (χ1n) is 5.07. The normalized spacial score (nSPS) is 10.8. The van der Waals surface area contributed by atoms with E-state index in [-0.39, 0.29) is 5.75 Å². The van der Waals surface area contributed by atoms with Crippen molar-refractivity contribution in [3.8, 4) is 17.0 Å². The van der Waals surface area contributed by atoms with Gasteiger partial charge in [0.25, 0.3) is 0 Å². The lowest BCUT2D eigenvalue weighted by Crippen LogP contribution is -1.85. The predicted molar refractivity (Wildman–Crippen MR) is 63.2 cm³/mol. The number of benzene rings is 1. The van der Waals surface area contributed by atoms with Crippen LogP contribution in [0.15, 0.2) is 48.7 Å². The number of hydrogen-bond acceptors (Lipinski definition) is 2. The summed E-state index contributed by atoms with van der Waals surface area (Å²) in [4.78, 5) is 7.43. The molecule has 0 radical (unpaired) electrons. The zero-order chi connectivity index (χ0) is 11.0. The van der Waals surface area contributed by atoms with Crippen LogP contribution in [-0.4, -0.2) is 15.1 Å². The van der Waals surface area contributed by atoms with Gasteiger partial charge in [0, 0.05) is 17.1 Å². The van der Waals surface area contributed by atoms with Gasteiger partial charge in [-0.1, -0.05) is 30.3 Å². The van der Waals surface area contributed by atoms with Crippen molar-refractivity contribution < 1.29 is 5.11 Å². The Labute approximate surface area is 92.4 Å². The van der Waals surface area contributed by atoms with Gasteiger partial charge in [0.05, 0.1) is 0 Å². The molecule has 0 fully saturated rings. The number of aromatic amines is 1. The Bertz CT molecular complexity index is 629. The third-order valence-electron chi connectivity index (χ3n) is 2.56. The number of fused-ring (bicyclic) bond motifs is 1. The summed E-state index contributed by atoms with van der Waals surface area (Å²) in [6.45, 7) is 0. The number of nitrogens with zero attached hydrogens (tertiary/aromatic N) is 1. The lowest BCUT2D eigenvalue weighted by Gasteiger charge is -2.03. The molecule has 2 N–H and O–H groups in total. The Morgan fingerprint density at radius 3 is 2.69 bits per heavy atom. The Balaban J connectivity index is 2.27.